The van der Waals surface area contributed by atoms with E-state index in [2.05, 4.69) is 0 Å². The van der Waals surface area contributed by atoms with E-state index < -0.39 is 12.0 Å². The first-order chi connectivity index (χ1) is 9.15. The minimum absolute atomic E-state index is 0.152. The van der Waals surface area contributed by atoms with Crippen molar-refractivity contribution in [3.63, 3.8) is 0 Å². The molecule has 0 saturated heterocycles. The molecule has 5 nitrogen and oxygen atoms in total. The smallest absolute Gasteiger partial charge is 0.332 e. The molecule has 1 aromatic rings. The number of esters is 1. The van der Waals surface area contributed by atoms with Crippen LogP contribution in [0.15, 0.2) is 29.2 Å². The summed E-state index contributed by atoms with van der Waals surface area (Å²) in [5.41, 5.74) is 0.569. The van der Waals surface area contributed by atoms with Crippen molar-refractivity contribution in [3.05, 3.63) is 29.8 Å². The molecular formula is C13H15NO4S. The predicted octanol–water partition coefficient (Wildman–Crippen LogP) is 1.38. The van der Waals surface area contributed by atoms with Gasteiger partial charge in [-0.1, -0.05) is 18.2 Å². The Hall–Kier alpha value is -1.37. The van der Waals surface area contributed by atoms with Gasteiger partial charge in [-0.05, 0) is 25.1 Å². The Bertz CT molecular complexity index is 491. The number of benzene rings is 1. The standard InChI is InChI=1S/C13H15NO4S/c1-14-11(13(16)18-8-7-17-2)12(15)9-5-3-4-6-10(9)19-14/h3-6,11H,7-8H2,1-2H3. The molecular weight excluding hydrogens is 266 g/mol. The Labute approximate surface area is 116 Å². The van der Waals surface area contributed by atoms with Crippen molar-refractivity contribution in [1.29, 1.82) is 0 Å². The lowest BCUT2D eigenvalue weighted by Gasteiger charge is -2.29. The zero-order chi connectivity index (χ0) is 13.8. The van der Waals surface area contributed by atoms with Crippen LogP contribution in [0.3, 0.4) is 0 Å². The Morgan fingerprint density at radius 2 is 2.11 bits per heavy atom. The fraction of sp³-hybridized carbons (Fsp3) is 0.385. The van der Waals surface area contributed by atoms with Crippen LogP contribution >= 0.6 is 11.9 Å². The Balaban J connectivity index is 2.14. The van der Waals surface area contributed by atoms with Gasteiger partial charge < -0.3 is 9.47 Å². The molecule has 0 fully saturated rings. The highest BCUT2D eigenvalue weighted by atomic mass is 32.2. The lowest BCUT2D eigenvalue weighted by atomic mass is 10.0. The van der Waals surface area contributed by atoms with Gasteiger partial charge in [-0.2, -0.15) is 0 Å². The number of ether oxygens (including phenoxy) is 2. The molecule has 1 unspecified atom stereocenters. The molecule has 0 saturated carbocycles. The van der Waals surface area contributed by atoms with Crippen LogP contribution in [0.1, 0.15) is 10.4 Å². The highest BCUT2D eigenvalue weighted by molar-refractivity contribution is 7.97. The molecule has 0 radical (unpaired) electrons. The summed E-state index contributed by atoms with van der Waals surface area (Å²) in [5.74, 6) is -0.759. The molecule has 0 bridgehead atoms. The van der Waals surface area contributed by atoms with Crippen LogP contribution in [-0.4, -0.2) is 49.5 Å². The van der Waals surface area contributed by atoms with Crippen LogP contribution in [0.4, 0.5) is 0 Å². The van der Waals surface area contributed by atoms with Crippen LogP contribution in [0.5, 0.6) is 0 Å². The zero-order valence-electron chi connectivity index (χ0n) is 10.8. The van der Waals surface area contributed by atoms with Gasteiger partial charge in [0.15, 0.2) is 11.8 Å². The second-order valence-corrected chi connectivity index (χ2v) is 5.26. The molecule has 6 heteroatoms. The Morgan fingerprint density at radius 3 is 2.84 bits per heavy atom. The van der Waals surface area contributed by atoms with Gasteiger partial charge in [-0.25, -0.2) is 9.10 Å². The van der Waals surface area contributed by atoms with Crippen LogP contribution < -0.4 is 0 Å². The number of likely N-dealkylation sites (N-methyl/N-ethyl adjacent to an activating group) is 1. The van der Waals surface area contributed by atoms with Crippen LogP contribution in [-0.2, 0) is 14.3 Å². The van der Waals surface area contributed by atoms with Crippen LogP contribution in [0, 0.1) is 0 Å². The molecule has 0 aliphatic carbocycles. The molecule has 1 aromatic carbocycles. The first-order valence-electron chi connectivity index (χ1n) is 5.84. The number of fused-ring (bicyclic) bond motifs is 1. The summed E-state index contributed by atoms with van der Waals surface area (Å²) in [4.78, 5) is 25.1. The SMILES string of the molecule is COCCOC(=O)C1C(=O)c2ccccc2SN1C. The molecule has 0 amide bonds. The maximum atomic E-state index is 12.3. The number of ketones is 1. The number of rotatable bonds is 4. The first-order valence-corrected chi connectivity index (χ1v) is 6.62. The van der Waals surface area contributed by atoms with Crippen molar-refractivity contribution >= 4 is 23.7 Å². The lowest BCUT2D eigenvalue weighted by molar-refractivity contribution is -0.147. The number of carbonyl (C=O) groups is 2. The van der Waals surface area contributed by atoms with Gasteiger partial charge in [-0.15, -0.1) is 0 Å². The lowest BCUT2D eigenvalue weighted by Crippen LogP contribution is -2.45. The fourth-order valence-corrected chi connectivity index (χ4v) is 2.83. The first kappa shape index (κ1) is 14.0. The number of hydrogen-bond acceptors (Lipinski definition) is 6. The minimum Gasteiger partial charge on any atom is -0.462 e. The summed E-state index contributed by atoms with van der Waals surface area (Å²) < 4.78 is 11.5. The highest BCUT2D eigenvalue weighted by Crippen LogP contribution is 2.33. The van der Waals surface area contributed by atoms with Gasteiger partial charge in [0.25, 0.3) is 0 Å². The van der Waals surface area contributed by atoms with Crippen molar-refractivity contribution < 1.29 is 19.1 Å². The number of carbonyl (C=O) groups excluding carboxylic acids is 2. The molecule has 19 heavy (non-hydrogen) atoms. The number of hydrogen-bond donors (Lipinski definition) is 0. The third-order valence-electron chi connectivity index (χ3n) is 2.76. The number of Topliss-reactive ketones (excluding diaryl/α,β-unsaturated/α-hetero) is 1. The Kier molecular flexibility index (Phi) is 4.57. The van der Waals surface area contributed by atoms with Gasteiger partial charge in [0, 0.05) is 17.6 Å². The molecule has 2 rings (SSSR count). The number of methoxy groups -OCH3 is 1. The van der Waals surface area contributed by atoms with E-state index >= 15 is 0 Å². The second-order valence-electron chi connectivity index (χ2n) is 4.06. The molecule has 1 aliphatic heterocycles. The number of nitrogens with zero attached hydrogens (tertiary/aromatic N) is 1. The molecule has 1 heterocycles. The fourth-order valence-electron chi connectivity index (χ4n) is 1.83. The van der Waals surface area contributed by atoms with E-state index in [0.717, 1.165) is 4.90 Å². The quantitative estimate of drug-likeness (QED) is 0.360. The average molecular weight is 281 g/mol. The summed E-state index contributed by atoms with van der Waals surface area (Å²) >= 11 is 1.37. The monoisotopic (exact) mass is 281 g/mol. The molecule has 0 aromatic heterocycles. The minimum atomic E-state index is -0.892. The normalized spacial score (nSPS) is 19.1. The van der Waals surface area contributed by atoms with Crippen molar-refractivity contribution in [2.45, 2.75) is 10.9 Å². The van der Waals surface area contributed by atoms with Gasteiger partial charge >= 0.3 is 5.97 Å². The van der Waals surface area contributed by atoms with E-state index in [1.165, 1.54) is 19.1 Å². The molecule has 0 N–H and O–H groups in total. The molecule has 102 valence electrons. The summed E-state index contributed by atoms with van der Waals surface area (Å²) in [5, 5.41) is 0. The van der Waals surface area contributed by atoms with Crippen molar-refractivity contribution in [2.75, 3.05) is 27.4 Å². The third-order valence-corrected chi connectivity index (χ3v) is 3.81. The van der Waals surface area contributed by atoms with E-state index in [9.17, 15) is 9.59 Å². The summed E-state index contributed by atoms with van der Waals surface area (Å²) in [6.07, 6.45) is 0. The predicted molar refractivity (Wildman–Crippen MR) is 71.0 cm³/mol. The molecule has 1 atom stereocenters. The van der Waals surface area contributed by atoms with E-state index in [-0.39, 0.29) is 12.4 Å². The van der Waals surface area contributed by atoms with Crippen molar-refractivity contribution in [1.82, 2.24) is 4.31 Å². The third kappa shape index (κ3) is 2.97. The van der Waals surface area contributed by atoms with Crippen LogP contribution in [0.25, 0.3) is 0 Å². The zero-order valence-corrected chi connectivity index (χ0v) is 11.6. The summed E-state index contributed by atoms with van der Waals surface area (Å²) in [7, 11) is 3.23. The average Bonchev–Trinajstić information content (AvgIpc) is 2.39. The second kappa shape index (κ2) is 6.18. The van der Waals surface area contributed by atoms with Gasteiger partial charge in [0.05, 0.1) is 6.61 Å². The van der Waals surface area contributed by atoms with E-state index in [1.54, 1.807) is 23.5 Å². The van der Waals surface area contributed by atoms with Gasteiger partial charge in [-0.3, -0.25) is 4.79 Å². The molecule has 1 aliphatic rings. The molecule has 0 spiro atoms. The summed E-state index contributed by atoms with van der Waals surface area (Å²) in [6.45, 7) is 0.472. The van der Waals surface area contributed by atoms with Gasteiger partial charge in [0.1, 0.15) is 6.61 Å². The largest absolute Gasteiger partial charge is 0.462 e. The van der Waals surface area contributed by atoms with Crippen molar-refractivity contribution in [3.8, 4) is 0 Å². The van der Waals surface area contributed by atoms with Crippen molar-refractivity contribution in [2.24, 2.45) is 0 Å². The van der Waals surface area contributed by atoms with Crippen LogP contribution in [0.2, 0.25) is 0 Å². The maximum Gasteiger partial charge on any atom is 0.332 e. The maximum absolute atomic E-state index is 12.3. The van der Waals surface area contributed by atoms with Gasteiger partial charge in [0.2, 0.25) is 0 Å². The summed E-state index contributed by atoms with van der Waals surface area (Å²) in [6, 6.07) is 6.35. The topological polar surface area (TPSA) is 55.8 Å². The highest BCUT2D eigenvalue weighted by Gasteiger charge is 2.38. The van der Waals surface area contributed by atoms with E-state index in [4.69, 9.17) is 9.47 Å². The van der Waals surface area contributed by atoms with E-state index in [1.807, 2.05) is 12.1 Å². The van der Waals surface area contributed by atoms with E-state index in [0.29, 0.717) is 12.2 Å². The Morgan fingerprint density at radius 1 is 1.37 bits per heavy atom.